The molecule has 1 heterocycles. The van der Waals surface area contributed by atoms with Crippen molar-refractivity contribution in [2.75, 3.05) is 12.3 Å². The molecule has 0 aromatic carbocycles. The SMILES string of the molecule is CC(=O)N1C[C@H](NS(=O)(=O)CC2CC2)CC[C@@H]1C(F)(F)F. The molecule has 1 amide bonds. The number of nitrogens with zero attached hydrogens (tertiary/aromatic N) is 1. The quantitative estimate of drug-likeness (QED) is 0.845. The second kappa shape index (κ2) is 5.75. The lowest BCUT2D eigenvalue weighted by atomic mass is 9.98. The van der Waals surface area contributed by atoms with Crippen LogP contribution in [-0.2, 0) is 14.8 Å². The van der Waals surface area contributed by atoms with E-state index in [0.29, 0.717) is 4.90 Å². The number of rotatable bonds is 4. The predicted octanol–water partition coefficient (Wildman–Crippen LogP) is 1.26. The summed E-state index contributed by atoms with van der Waals surface area (Å²) in [6.07, 6.45) is -2.93. The number of piperidine rings is 1. The fourth-order valence-electron chi connectivity index (χ4n) is 2.65. The van der Waals surface area contributed by atoms with Crippen LogP contribution >= 0.6 is 0 Å². The maximum Gasteiger partial charge on any atom is 0.408 e. The molecule has 5 nitrogen and oxygen atoms in total. The lowest BCUT2D eigenvalue weighted by Crippen LogP contribution is -2.57. The summed E-state index contributed by atoms with van der Waals surface area (Å²) in [5.74, 6) is -0.506. The van der Waals surface area contributed by atoms with E-state index in [0.717, 1.165) is 19.8 Å². The summed E-state index contributed by atoms with van der Waals surface area (Å²) in [5, 5.41) is 0. The average Bonchev–Trinajstić information content (AvgIpc) is 3.09. The first-order valence-electron chi connectivity index (χ1n) is 6.92. The summed E-state index contributed by atoms with van der Waals surface area (Å²) in [6.45, 7) is 0.837. The molecular weight excluding hydrogens is 309 g/mol. The van der Waals surface area contributed by atoms with E-state index in [-0.39, 0.29) is 31.1 Å². The molecule has 0 radical (unpaired) electrons. The van der Waals surface area contributed by atoms with Gasteiger partial charge >= 0.3 is 6.18 Å². The van der Waals surface area contributed by atoms with Crippen molar-refractivity contribution >= 4 is 15.9 Å². The maximum absolute atomic E-state index is 12.9. The number of alkyl halides is 3. The van der Waals surface area contributed by atoms with Crippen LogP contribution in [0.5, 0.6) is 0 Å². The minimum atomic E-state index is -4.48. The monoisotopic (exact) mass is 328 g/mol. The van der Waals surface area contributed by atoms with E-state index in [1.54, 1.807) is 0 Å². The van der Waals surface area contributed by atoms with Crippen LogP contribution in [0.25, 0.3) is 0 Å². The number of amides is 1. The van der Waals surface area contributed by atoms with E-state index in [9.17, 15) is 26.4 Å². The normalized spacial score (nSPS) is 27.7. The van der Waals surface area contributed by atoms with Crippen LogP contribution in [0.2, 0.25) is 0 Å². The summed E-state index contributed by atoms with van der Waals surface area (Å²) in [4.78, 5) is 12.1. The molecule has 122 valence electrons. The Morgan fingerprint density at radius 3 is 2.33 bits per heavy atom. The molecule has 2 fully saturated rings. The van der Waals surface area contributed by atoms with Gasteiger partial charge in [0.2, 0.25) is 15.9 Å². The summed E-state index contributed by atoms with van der Waals surface area (Å²) >= 11 is 0. The fourth-order valence-corrected chi connectivity index (χ4v) is 4.40. The summed E-state index contributed by atoms with van der Waals surface area (Å²) in [5.41, 5.74) is 0. The molecule has 0 aromatic rings. The van der Waals surface area contributed by atoms with Crippen molar-refractivity contribution < 1.29 is 26.4 Å². The highest BCUT2D eigenvalue weighted by atomic mass is 32.2. The topological polar surface area (TPSA) is 66.5 Å². The summed E-state index contributed by atoms with van der Waals surface area (Å²) in [7, 11) is -3.49. The number of hydrogen-bond acceptors (Lipinski definition) is 3. The number of carbonyl (C=O) groups excluding carboxylic acids is 1. The van der Waals surface area contributed by atoms with Gasteiger partial charge in [-0.1, -0.05) is 0 Å². The van der Waals surface area contributed by atoms with Crippen LogP contribution in [0.4, 0.5) is 13.2 Å². The van der Waals surface area contributed by atoms with E-state index in [1.165, 1.54) is 0 Å². The van der Waals surface area contributed by atoms with Crippen molar-refractivity contribution in [2.45, 2.75) is 50.9 Å². The molecule has 21 heavy (non-hydrogen) atoms. The van der Waals surface area contributed by atoms with Gasteiger partial charge in [0.25, 0.3) is 0 Å². The predicted molar refractivity (Wildman–Crippen MR) is 69.9 cm³/mol. The highest BCUT2D eigenvalue weighted by Crippen LogP contribution is 2.33. The molecule has 1 saturated carbocycles. The zero-order valence-electron chi connectivity index (χ0n) is 11.7. The zero-order chi connectivity index (χ0) is 15.8. The van der Waals surface area contributed by atoms with Gasteiger partial charge in [-0.2, -0.15) is 13.2 Å². The second-order valence-electron chi connectivity index (χ2n) is 5.85. The number of sulfonamides is 1. The molecule has 2 aliphatic rings. The van der Waals surface area contributed by atoms with Gasteiger partial charge in [0.15, 0.2) is 0 Å². The lowest BCUT2D eigenvalue weighted by Gasteiger charge is -2.40. The molecule has 2 atom stereocenters. The van der Waals surface area contributed by atoms with Gasteiger partial charge in [-0.25, -0.2) is 13.1 Å². The standard InChI is InChI=1S/C12H19F3N2O3S/c1-8(18)17-6-10(4-5-11(17)12(13,14)15)16-21(19,20)7-9-2-3-9/h9-11,16H,2-7H2,1H3/t10-,11-/m1/s1. The minimum absolute atomic E-state index is 0.0201. The Morgan fingerprint density at radius 2 is 1.86 bits per heavy atom. The van der Waals surface area contributed by atoms with Gasteiger partial charge in [0.1, 0.15) is 6.04 Å². The van der Waals surface area contributed by atoms with Gasteiger partial charge in [0, 0.05) is 19.5 Å². The molecule has 1 saturated heterocycles. The summed E-state index contributed by atoms with van der Waals surface area (Å²) < 4.78 is 64.8. The molecule has 1 aliphatic heterocycles. The van der Waals surface area contributed by atoms with Crippen molar-refractivity contribution in [3.8, 4) is 0 Å². The molecule has 0 bridgehead atoms. The van der Waals surface area contributed by atoms with Gasteiger partial charge in [-0.3, -0.25) is 4.79 Å². The Hall–Kier alpha value is -0.830. The van der Waals surface area contributed by atoms with Crippen LogP contribution in [0.1, 0.15) is 32.6 Å². The van der Waals surface area contributed by atoms with Crippen molar-refractivity contribution in [2.24, 2.45) is 5.92 Å². The molecule has 0 spiro atoms. The van der Waals surface area contributed by atoms with Gasteiger partial charge < -0.3 is 4.90 Å². The number of likely N-dealkylation sites (tertiary alicyclic amines) is 1. The molecule has 0 unspecified atom stereocenters. The fraction of sp³-hybridized carbons (Fsp3) is 0.917. The van der Waals surface area contributed by atoms with Crippen molar-refractivity contribution in [1.29, 1.82) is 0 Å². The first-order chi connectivity index (χ1) is 9.58. The highest BCUT2D eigenvalue weighted by molar-refractivity contribution is 7.89. The Labute approximate surface area is 121 Å². The Bertz CT molecular complexity index is 502. The first-order valence-corrected chi connectivity index (χ1v) is 8.57. The molecular formula is C12H19F3N2O3S. The minimum Gasteiger partial charge on any atom is -0.329 e. The number of carbonyl (C=O) groups is 1. The van der Waals surface area contributed by atoms with Crippen molar-refractivity contribution in [3.05, 3.63) is 0 Å². The van der Waals surface area contributed by atoms with Crippen LogP contribution in [0, 0.1) is 5.92 Å². The van der Waals surface area contributed by atoms with E-state index < -0.39 is 34.2 Å². The third-order valence-corrected chi connectivity index (χ3v) is 5.47. The van der Waals surface area contributed by atoms with E-state index in [4.69, 9.17) is 0 Å². The van der Waals surface area contributed by atoms with Crippen LogP contribution in [0.3, 0.4) is 0 Å². The van der Waals surface area contributed by atoms with Crippen LogP contribution < -0.4 is 4.72 Å². The summed E-state index contributed by atoms with van der Waals surface area (Å²) in [6, 6.07) is -2.46. The number of nitrogens with one attached hydrogen (secondary N) is 1. The average molecular weight is 328 g/mol. The van der Waals surface area contributed by atoms with Crippen molar-refractivity contribution in [1.82, 2.24) is 9.62 Å². The number of halogens is 3. The Balaban J connectivity index is 2.00. The molecule has 1 N–H and O–H groups in total. The van der Waals surface area contributed by atoms with Crippen LogP contribution in [-0.4, -0.2) is 49.8 Å². The zero-order valence-corrected chi connectivity index (χ0v) is 12.5. The third kappa shape index (κ3) is 4.57. The molecule has 2 rings (SSSR count). The Kier molecular flexibility index (Phi) is 4.53. The molecule has 9 heteroatoms. The Morgan fingerprint density at radius 1 is 1.24 bits per heavy atom. The highest BCUT2D eigenvalue weighted by Gasteiger charge is 2.47. The number of hydrogen-bond donors (Lipinski definition) is 1. The smallest absolute Gasteiger partial charge is 0.329 e. The molecule has 0 aromatic heterocycles. The van der Waals surface area contributed by atoms with Crippen LogP contribution in [0.15, 0.2) is 0 Å². The molecule has 1 aliphatic carbocycles. The maximum atomic E-state index is 12.9. The van der Waals surface area contributed by atoms with E-state index in [1.807, 2.05) is 0 Å². The third-order valence-electron chi connectivity index (χ3n) is 3.86. The van der Waals surface area contributed by atoms with Gasteiger partial charge in [0.05, 0.1) is 5.75 Å². The largest absolute Gasteiger partial charge is 0.408 e. The van der Waals surface area contributed by atoms with Gasteiger partial charge in [-0.05, 0) is 31.6 Å². The lowest BCUT2D eigenvalue weighted by molar-refractivity contribution is -0.196. The van der Waals surface area contributed by atoms with E-state index >= 15 is 0 Å². The first kappa shape index (κ1) is 16.5. The second-order valence-corrected chi connectivity index (χ2v) is 7.64. The van der Waals surface area contributed by atoms with Gasteiger partial charge in [-0.15, -0.1) is 0 Å². The van der Waals surface area contributed by atoms with Crippen molar-refractivity contribution in [3.63, 3.8) is 0 Å². The van der Waals surface area contributed by atoms with E-state index in [2.05, 4.69) is 4.72 Å².